The van der Waals surface area contributed by atoms with Crippen LogP contribution in [-0.4, -0.2) is 21.9 Å². The molecule has 0 saturated carbocycles. The van der Waals surface area contributed by atoms with Crippen molar-refractivity contribution in [3.63, 3.8) is 0 Å². The fourth-order valence-electron chi connectivity index (χ4n) is 2.01. The summed E-state index contributed by atoms with van der Waals surface area (Å²) in [6.07, 6.45) is 2.53. The minimum atomic E-state index is -0.239. The molecule has 6 nitrogen and oxygen atoms in total. The van der Waals surface area contributed by atoms with Gasteiger partial charge in [0.25, 0.3) is 5.91 Å². The van der Waals surface area contributed by atoms with E-state index in [4.69, 9.17) is 4.63 Å². The number of hydrogen-bond acceptors (Lipinski definition) is 5. The van der Waals surface area contributed by atoms with Crippen molar-refractivity contribution < 1.29 is 9.42 Å². The first-order valence-corrected chi connectivity index (χ1v) is 6.08. The summed E-state index contributed by atoms with van der Waals surface area (Å²) in [5.74, 6) is -0.239. The molecule has 1 N–H and O–H groups in total. The van der Waals surface area contributed by atoms with Gasteiger partial charge in [0.15, 0.2) is 5.69 Å². The second-order valence-corrected chi connectivity index (χ2v) is 4.28. The third kappa shape index (κ3) is 2.37. The van der Waals surface area contributed by atoms with Crippen molar-refractivity contribution >= 4 is 11.6 Å². The van der Waals surface area contributed by atoms with Gasteiger partial charge in [-0.2, -0.15) is 5.10 Å². The van der Waals surface area contributed by atoms with E-state index in [-0.39, 0.29) is 5.91 Å². The molecule has 0 fully saturated rings. The second kappa shape index (κ2) is 5.01. The minimum absolute atomic E-state index is 0.239. The molecule has 1 aliphatic rings. The van der Waals surface area contributed by atoms with E-state index in [0.29, 0.717) is 17.0 Å². The van der Waals surface area contributed by atoms with Crippen molar-refractivity contribution in [1.82, 2.24) is 15.7 Å². The molecule has 0 unspecified atom stereocenters. The van der Waals surface area contributed by atoms with Crippen LogP contribution in [0.15, 0.2) is 40.1 Å². The van der Waals surface area contributed by atoms with E-state index >= 15 is 0 Å². The van der Waals surface area contributed by atoms with Crippen LogP contribution < -0.4 is 5.43 Å². The second-order valence-electron chi connectivity index (χ2n) is 4.28. The van der Waals surface area contributed by atoms with Gasteiger partial charge in [0.2, 0.25) is 0 Å². The molecular formula is C13H12N4O2. The summed E-state index contributed by atoms with van der Waals surface area (Å²) < 4.78 is 4.70. The highest BCUT2D eigenvalue weighted by Crippen LogP contribution is 2.17. The Bertz CT molecular complexity index is 619. The van der Waals surface area contributed by atoms with Gasteiger partial charge in [-0.3, -0.25) is 4.79 Å². The fourth-order valence-corrected chi connectivity index (χ4v) is 2.01. The quantitative estimate of drug-likeness (QED) is 0.826. The molecule has 0 aliphatic heterocycles. The van der Waals surface area contributed by atoms with Gasteiger partial charge in [0.1, 0.15) is 5.69 Å². The van der Waals surface area contributed by atoms with Crippen molar-refractivity contribution in [3.8, 4) is 0 Å². The molecule has 0 saturated heterocycles. The summed E-state index contributed by atoms with van der Waals surface area (Å²) in [6.45, 7) is 0. The van der Waals surface area contributed by atoms with Gasteiger partial charge < -0.3 is 0 Å². The summed E-state index contributed by atoms with van der Waals surface area (Å²) in [7, 11) is 0. The lowest BCUT2D eigenvalue weighted by Gasteiger charge is -2.09. The minimum Gasteiger partial charge on any atom is -0.267 e. The summed E-state index contributed by atoms with van der Waals surface area (Å²) in [4.78, 5) is 11.9. The summed E-state index contributed by atoms with van der Waals surface area (Å²) in [5.41, 5.74) is 5.28. The molecule has 1 heterocycles. The zero-order valence-electron chi connectivity index (χ0n) is 10.2. The van der Waals surface area contributed by atoms with Crippen molar-refractivity contribution in [1.29, 1.82) is 0 Å². The fraction of sp³-hybridized carbons (Fsp3) is 0.231. The maximum atomic E-state index is 11.9. The molecule has 0 spiro atoms. The Hall–Kier alpha value is -2.50. The third-order valence-electron chi connectivity index (χ3n) is 2.99. The van der Waals surface area contributed by atoms with Crippen molar-refractivity contribution in [2.24, 2.45) is 5.10 Å². The Morgan fingerprint density at radius 3 is 2.89 bits per heavy atom. The summed E-state index contributed by atoms with van der Waals surface area (Å²) in [6, 6.07) is 8.95. The van der Waals surface area contributed by atoms with Gasteiger partial charge in [0, 0.05) is 5.56 Å². The normalized spacial score (nSPS) is 16.1. The predicted octanol–water partition coefficient (Wildman–Crippen LogP) is 1.54. The number of hydrazone groups is 1. The molecule has 0 radical (unpaired) electrons. The highest BCUT2D eigenvalue weighted by molar-refractivity contribution is 6.02. The number of amides is 1. The number of benzene rings is 1. The van der Waals surface area contributed by atoms with E-state index in [1.54, 1.807) is 12.1 Å². The van der Waals surface area contributed by atoms with Crippen LogP contribution in [0.3, 0.4) is 0 Å². The van der Waals surface area contributed by atoms with Crippen LogP contribution >= 0.6 is 0 Å². The van der Waals surface area contributed by atoms with Crippen molar-refractivity contribution in [2.75, 3.05) is 0 Å². The van der Waals surface area contributed by atoms with Crippen LogP contribution in [0.4, 0.5) is 0 Å². The molecule has 0 bridgehead atoms. The maximum absolute atomic E-state index is 11.9. The Morgan fingerprint density at radius 2 is 2.05 bits per heavy atom. The van der Waals surface area contributed by atoms with Gasteiger partial charge in [-0.1, -0.05) is 23.4 Å². The van der Waals surface area contributed by atoms with Crippen molar-refractivity contribution in [2.45, 2.75) is 19.3 Å². The lowest BCUT2D eigenvalue weighted by Crippen LogP contribution is -2.22. The van der Waals surface area contributed by atoms with Crippen LogP contribution in [0.2, 0.25) is 0 Å². The maximum Gasteiger partial charge on any atom is 0.271 e. The zero-order valence-corrected chi connectivity index (χ0v) is 10.2. The number of fused-ring (bicyclic) bond motifs is 1. The SMILES string of the molecule is O=C(N/N=C1/CCCc2nonc21)c1ccccc1. The van der Waals surface area contributed by atoms with Gasteiger partial charge in [-0.15, -0.1) is 0 Å². The Morgan fingerprint density at radius 1 is 1.21 bits per heavy atom. The van der Waals surface area contributed by atoms with Crippen LogP contribution in [0.1, 0.15) is 34.6 Å². The van der Waals surface area contributed by atoms with Crippen molar-refractivity contribution in [3.05, 3.63) is 47.3 Å². The topological polar surface area (TPSA) is 80.4 Å². The van der Waals surface area contributed by atoms with Crippen LogP contribution in [-0.2, 0) is 6.42 Å². The molecule has 1 amide bonds. The lowest BCUT2D eigenvalue weighted by molar-refractivity contribution is 0.0954. The zero-order chi connectivity index (χ0) is 13.1. The van der Waals surface area contributed by atoms with E-state index < -0.39 is 0 Å². The smallest absolute Gasteiger partial charge is 0.267 e. The molecular weight excluding hydrogens is 244 g/mol. The summed E-state index contributed by atoms with van der Waals surface area (Å²) in [5, 5.41) is 11.8. The third-order valence-corrected chi connectivity index (χ3v) is 2.99. The first-order valence-electron chi connectivity index (χ1n) is 6.08. The van der Waals surface area contributed by atoms with E-state index in [2.05, 4.69) is 20.8 Å². The number of aromatic nitrogens is 2. The van der Waals surface area contributed by atoms with E-state index in [1.165, 1.54) is 0 Å². The molecule has 1 aromatic heterocycles. The standard InChI is InChI=1S/C13H12N4O2/c18-13(9-5-2-1-3-6-9)15-14-10-7-4-8-11-12(10)17-19-16-11/h1-3,5-6H,4,7-8H2,(H,15,18)/b14-10-. The average molecular weight is 256 g/mol. The summed E-state index contributed by atoms with van der Waals surface area (Å²) >= 11 is 0. The average Bonchev–Trinajstić information content (AvgIpc) is 2.94. The highest BCUT2D eigenvalue weighted by Gasteiger charge is 2.21. The number of nitrogens with one attached hydrogen (secondary N) is 1. The number of carbonyl (C=O) groups excluding carboxylic acids is 1. The first kappa shape index (κ1) is 11.6. The number of rotatable bonds is 2. The number of carbonyl (C=O) groups is 1. The molecule has 3 rings (SSSR count). The largest absolute Gasteiger partial charge is 0.271 e. The predicted molar refractivity (Wildman–Crippen MR) is 67.7 cm³/mol. The van der Waals surface area contributed by atoms with Gasteiger partial charge in [0.05, 0.1) is 5.71 Å². The first-order chi connectivity index (χ1) is 9.34. The number of hydrogen-bond donors (Lipinski definition) is 1. The molecule has 1 aromatic carbocycles. The Labute approximate surface area is 109 Å². The lowest BCUT2D eigenvalue weighted by atomic mass is 9.99. The van der Waals surface area contributed by atoms with Crippen LogP contribution in [0.25, 0.3) is 0 Å². The molecule has 96 valence electrons. The van der Waals surface area contributed by atoms with E-state index in [0.717, 1.165) is 25.0 Å². The molecule has 2 aromatic rings. The number of aryl methyl sites for hydroxylation is 1. The van der Waals surface area contributed by atoms with E-state index in [1.807, 2.05) is 18.2 Å². The molecule has 19 heavy (non-hydrogen) atoms. The highest BCUT2D eigenvalue weighted by atomic mass is 16.6. The molecule has 6 heteroatoms. The van der Waals surface area contributed by atoms with Crippen LogP contribution in [0.5, 0.6) is 0 Å². The van der Waals surface area contributed by atoms with Gasteiger partial charge >= 0.3 is 0 Å². The molecule has 1 aliphatic carbocycles. The Kier molecular flexibility index (Phi) is 3.06. The monoisotopic (exact) mass is 256 g/mol. The van der Waals surface area contributed by atoms with Crippen LogP contribution in [0, 0.1) is 0 Å². The van der Waals surface area contributed by atoms with E-state index in [9.17, 15) is 4.79 Å². The molecule has 0 atom stereocenters. The van der Waals surface area contributed by atoms with Gasteiger partial charge in [-0.05, 0) is 36.6 Å². The van der Waals surface area contributed by atoms with Gasteiger partial charge in [-0.25, -0.2) is 10.1 Å². The Balaban J connectivity index is 1.76. The number of nitrogens with zero attached hydrogens (tertiary/aromatic N) is 3.